The maximum absolute atomic E-state index is 11.3. The highest BCUT2D eigenvalue weighted by Gasteiger charge is 2.25. The average molecular weight is 281 g/mol. The summed E-state index contributed by atoms with van der Waals surface area (Å²) < 4.78 is 5.38. The number of oxazole rings is 1. The summed E-state index contributed by atoms with van der Waals surface area (Å²) in [5.41, 5.74) is 5.16. The monoisotopic (exact) mass is 281 g/mol. The lowest BCUT2D eigenvalue weighted by Gasteiger charge is -2.10. The van der Waals surface area contributed by atoms with Crippen LogP contribution in [-0.4, -0.2) is 28.6 Å². The number of primary amides is 1. The summed E-state index contributed by atoms with van der Waals surface area (Å²) in [6.07, 6.45) is -1.21. The van der Waals surface area contributed by atoms with E-state index in [1.165, 1.54) is 11.3 Å². The van der Waals surface area contributed by atoms with Crippen LogP contribution in [0.5, 0.6) is 0 Å². The van der Waals surface area contributed by atoms with Gasteiger partial charge in [0.25, 0.3) is 5.91 Å². The third kappa shape index (κ3) is 2.43. The van der Waals surface area contributed by atoms with Crippen molar-refractivity contribution < 1.29 is 19.1 Å². The van der Waals surface area contributed by atoms with Gasteiger partial charge in [0.05, 0.1) is 4.88 Å². The number of aromatic nitrogens is 1. The molecular weight excluding hydrogens is 270 g/mol. The second-order valence-electron chi connectivity index (χ2n) is 3.54. The molecule has 19 heavy (non-hydrogen) atoms. The first kappa shape index (κ1) is 13.1. The Bertz CT molecular complexity index is 605. The van der Waals surface area contributed by atoms with Crippen LogP contribution >= 0.6 is 11.3 Å². The van der Waals surface area contributed by atoms with Crippen molar-refractivity contribution in [1.82, 2.24) is 4.98 Å². The van der Waals surface area contributed by atoms with Crippen LogP contribution in [0.4, 0.5) is 10.8 Å². The topological polar surface area (TPSA) is 110 Å². The minimum atomic E-state index is -1.21. The van der Waals surface area contributed by atoms with E-state index in [4.69, 9.17) is 15.3 Å². The fourth-order valence-electron chi connectivity index (χ4n) is 1.52. The highest BCUT2D eigenvalue weighted by atomic mass is 32.1. The van der Waals surface area contributed by atoms with Crippen LogP contribution in [0.15, 0.2) is 21.9 Å². The van der Waals surface area contributed by atoms with Gasteiger partial charge in [0.15, 0.2) is 11.5 Å². The summed E-state index contributed by atoms with van der Waals surface area (Å²) in [6, 6.07) is 3.35. The fourth-order valence-corrected chi connectivity index (χ4v) is 2.22. The average Bonchev–Trinajstić information content (AvgIpc) is 2.96. The predicted octanol–water partition coefficient (Wildman–Crippen LogP) is 2.01. The second kappa shape index (κ2) is 5.11. The standard InChI is InChI=1S/C11H11N3O4S/c1-2-14(11(16)17)10-13-7(9(12)15)8(18-10)6-4-3-5-19-6/h3-5H,2H2,1H3,(H2,12,15)(H,16,17). The van der Waals surface area contributed by atoms with Crippen LogP contribution in [0, 0.1) is 0 Å². The van der Waals surface area contributed by atoms with E-state index in [0.717, 1.165) is 4.90 Å². The molecule has 2 rings (SSSR count). The predicted molar refractivity (Wildman–Crippen MR) is 69.4 cm³/mol. The van der Waals surface area contributed by atoms with Gasteiger partial charge in [-0.05, 0) is 18.4 Å². The van der Waals surface area contributed by atoms with Crippen molar-refractivity contribution in [1.29, 1.82) is 0 Å². The number of nitrogens with two attached hydrogens (primary N) is 1. The number of hydrogen-bond donors (Lipinski definition) is 2. The molecule has 2 heterocycles. The van der Waals surface area contributed by atoms with E-state index in [-0.39, 0.29) is 24.0 Å². The molecule has 0 unspecified atom stereocenters. The lowest BCUT2D eigenvalue weighted by Crippen LogP contribution is -2.29. The molecule has 0 aliphatic rings. The first-order valence-corrected chi connectivity index (χ1v) is 6.27. The summed E-state index contributed by atoms with van der Waals surface area (Å²) in [5.74, 6) is -0.572. The Labute approximate surface area is 112 Å². The highest BCUT2D eigenvalue weighted by molar-refractivity contribution is 7.13. The summed E-state index contributed by atoms with van der Waals surface area (Å²) >= 11 is 1.34. The maximum Gasteiger partial charge on any atom is 0.415 e. The molecule has 7 nitrogen and oxygen atoms in total. The third-order valence-electron chi connectivity index (χ3n) is 2.37. The Balaban J connectivity index is 2.52. The zero-order valence-corrected chi connectivity index (χ0v) is 10.8. The van der Waals surface area contributed by atoms with Crippen LogP contribution in [0.25, 0.3) is 10.6 Å². The minimum absolute atomic E-state index is 0.0721. The second-order valence-corrected chi connectivity index (χ2v) is 4.49. The van der Waals surface area contributed by atoms with E-state index in [9.17, 15) is 9.59 Å². The molecule has 2 aromatic rings. The molecule has 0 saturated carbocycles. The van der Waals surface area contributed by atoms with E-state index < -0.39 is 12.0 Å². The molecule has 3 N–H and O–H groups in total. The number of rotatable bonds is 4. The molecule has 0 aliphatic carbocycles. The number of carbonyl (C=O) groups is 2. The third-order valence-corrected chi connectivity index (χ3v) is 3.24. The van der Waals surface area contributed by atoms with E-state index in [1.807, 2.05) is 0 Å². The number of thiophene rings is 1. The van der Waals surface area contributed by atoms with Crippen molar-refractivity contribution in [3.63, 3.8) is 0 Å². The highest BCUT2D eigenvalue weighted by Crippen LogP contribution is 2.31. The maximum atomic E-state index is 11.3. The Morgan fingerprint density at radius 2 is 2.32 bits per heavy atom. The van der Waals surface area contributed by atoms with Crippen molar-refractivity contribution in [2.45, 2.75) is 6.92 Å². The summed E-state index contributed by atoms with van der Waals surface area (Å²) in [7, 11) is 0. The Kier molecular flexibility index (Phi) is 3.52. The van der Waals surface area contributed by atoms with Gasteiger partial charge in [0.2, 0.25) is 0 Å². The number of nitrogens with zero attached hydrogens (tertiary/aromatic N) is 2. The van der Waals surface area contributed by atoms with E-state index in [1.54, 1.807) is 24.4 Å². The molecule has 0 saturated heterocycles. The first-order valence-electron chi connectivity index (χ1n) is 5.39. The first-order chi connectivity index (χ1) is 9.04. The molecule has 0 bridgehead atoms. The summed E-state index contributed by atoms with van der Waals surface area (Å²) in [6.45, 7) is 1.78. The Morgan fingerprint density at radius 3 is 2.79 bits per heavy atom. The van der Waals surface area contributed by atoms with Crippen molar-refractivity contribution >= 4 is 29.4 Å². The van der Waals surface area contributed by atoms with E-state index in [2.05, 4.69) is 4.98 Å². The number of carboxylic acid groups (broad SMARTS) is 1. The van der Waals surface area contributed by atoms with Gasteiger partial charge in [-0.25, -0.2) is 9.69 Å². The molecule has 0 aliphatic heterocycles. The van der Waals surface area contributed by atoms with Gasteiger partial charge < -0.3 is 15.3 Å². The SMILES string of the molecule is CCN(C(=O)O)c1nc(C(N)=O)c(-c2cccs2)o1. The van der Waals surface area contributed by atoms with Gasteiger partial charge in [-0.15, -0.1) is 11.3 Å². The van der Waals surface area contributed by atoms with Gasteiger partial charge >= 0.3 is 12.1 Å². The van der Waals surface area contributed by atoms with Crippen LogP contribution in [0.3, 0.4) is 0 Å². The largest absolute Gasteiger partial charge is 0.465 e. The molecule has 2 amide bonds. The number of anilines is 1. The van der Waals surface area contributed by atoms with Gasteiger partial charge in [-0.3, -0.25) is 4.79 Å². The van der Waals surface area contributed by atoms with Gasteiger partial charge in [0.1, 0.15) is 0 Å². The van der Waals surface area contributed by atoms with Crippen LogP contribution in [-0.2, 0) is 0 Å². The Morgan fingerprint density at radius 1 is 1.58 bits per heavy atom. The molecule has 0 atom stereocenters. The molecule has 100 valence electrons. The molecule has 0 spiro atoms. The lowest BCUT2D eigenvalue weighted by atomic mass is 10.3. The van der Waals surface area contributed by atoms with E-state index in [0.29, 0.717) is 4.88 Å². The van der Waals surface area contributed by atoms with Crippen molar-refractivity contribution in [2.75, 3.05) is 11.4 Å². The van der Waals surface area contributed by atoms with Crippen molar-refractivity contribution in [3.05, 3.63) is 23.2 Å². The fraction of sp³-hybridized carbons (Fsp3) is 0.182. The minimum Gasteiger partial charge on any atom is -0.465 e. The molecule has 0 radical (unpaired) electrons. The van der Waals surface area contributed by atoms with E-state index >= 15 is 0 Å². The summed E-state index contributed by atoms with van der Waals surface area (Å²) in [4.78, 5) is 27.8. The molecule has 2 aromatic heterocycles. The smallest absolute Gasteiger partial charge is 0.415 e. The summed E-state index contributed by atoms with van der Waals surface area (Å²) in [5, 5.41) is 10.8. The quantitative estimate of drug-likeness (QED) is 0.890. The molecule has 0 aromatic carbocycles. The van der Waals surface area contributed by atoms with Crippen LogP contribution in [0.2, 0.25) is 0 Å². The Hall–Kier alpha value is -2.35. The number of amides is 2. The lowest BCUT2D eigenvalue weighted by molar-refractivity contribution is 0.0996. The van der Waals surface area contributed by atoms with Gasteiger partial charge in [-0.2, -0.15) is 4.98 Å². The van der Waals surface area contributed by atoms with Crippen molar-refractivity contribution in [3.8, 4) is 10.6 Å². The van der Waals surface area contributed by atoms with Gasteiger partial charge in [0, 0.05) is 6.54 Å². The van der Waals surface area contributed by atoms with Crippen LogP contribution < -0.4 is 10.6 Å². The molecule has 0 fully saturated rings. The van der Waals surface area contributed by atoms with Crippen LogP contribution in [0.1, 0.15) is 17.4 Å². The zero-order chi connectivity index (χ0) is 14.0. The molecule has 8 heteroatoms. The van der Waals surface area contributed by atoms with Crippen molar-refractivity contribution in [2.24, 2.45) is 5.73 Å². The van der Waals surface area contributed by atoms with Gasteiger partial charge in [-0.1, -0.05) is 6.07 Å². The molecular formula is C11H11N3O4S. The zero-order valence-electron chi connectivity index (χ0n) is 9.99. The number of carbonyl (C=O) groups excluding carboxylic acids is 1. The normalized spacial score (nSPS) is 10.4. The number of hydrogen-bond acceptors (Lipinski definition) is 5.